The van der Waals surface area contributed by atoms with Crippen molar-refractivity contribution < 1.29 is 18.0 Å². The van der Waals surface area contributed by atoms with E-state index in [-0.39, 0.29) is 5.69 Å². The Morgan fingerprint density at radius 3 is 2.40 bits per heavy atom. The van der Waals surface area contributed by atoms with Gasteiger partial charge in [0.15, 0.2) is 0 Å². The van der Waals surface area contributed by atoms with Gasteiger partial charge in [-0.3, -0.25) is 9.59 Å². The van der Waals surface area contributed by atoms with Gasteiger partial charge in [-0.15, -0.1) is 0 Å². The van der Waals surface area contributed by atoms with Crippen LogP contribution < -0.4 is 10.9 Å². The molecular weight excluding hydrogens is 397 g/mol. The lowest BCUT2D eigenvalue weighted by Gasteiger charge is -2.15. The molecule has 1 heterocycles. The van der Waals surface area contributed by atoms with Gasteiger partial charge in [-0.1, -0.05) is 18.2 Å². The van der Waals surface area contributed by atoms with Crippen LogP contribution >= 0.6 is 0 Å². The highest BCUT2D eigenvalue weighted by molar-refractivity contribution is 5.93. The number of benzene rings is 2. The van der Waals surface area contributed by atoms with E-state index in [2.05, 4.69) is 10.4 Å². The largest absolute Gasteiger partial charge is 0.416 e. The topological polar surface area (TPSA) is 87.8 Å². The van der Waals surface area contributed by atoms with Crippen molar-refractivity contribution in [1.82, 2.24) is 9.78 Å². The molecule has 1 amide bonds. The normalized spacial score (nSPS) is 12.1. The average Bonchev–Trinajstić information content (AvgIpc) is 2.73. The van der Waals surface area contributed by atoms with E-state index in [1.807, 2.05) is 6.07 Å². The number of rotatable bonds is 4. The number of nitriles is 1. The Kier molecular flexibility index (Phi) is 5.69. The molecule has 3 aromatic rings. The average molecular weight is 412 g/mol. The molecule has 0 spiro atoms. The van der Waals surface area contributed by atoms with Crippen molar-refractivity contribution in [2.24, 2.45) is 0 Å². The number of halogens is 3. The monoisotopic (exact) mass is 412 g/mol. The maximum Gasteiger partial charge on any atom is 0.416 e. The SMILES string of the molecule is CC(C(=O)Nc1ccc(C(F)(F)F)cc1)n1nc(-c2ccccc2C#N)ccc1=O. The molecule has 3 rings (SSSR count). The minimum atomic E-state index is -4.48. The van der Waals surface area contributed by atoms with Crippen LogP contribution in [0.15, 0.2) is 65.5 Å². The predicted octanol–water partition coefficient (Wildman–Crippen LogP) is 4.00. The number of hydrogen-bond donors (Lipinski definition) is 1. The Morgan fingerprint density at radius 2 is 1.77 bits per heavy atom. The summed E-state index contributed by atoms with van der Waals surface area (Å²) in [7, 11) is 0. The molecule has 2 aromatic carbocycles. The van der Waals surface area contributed by atoms with Crippen molar-refractivity contribution in [2.45, 2.75) is 19.1 Å². The summed E-state index contributed by atoms with van der Waals surface area (Å²) in [5.41, 5.74) is -0.0282. The zero-order valence-corrected chi connectivity index (χ0v) is 15.6. The molecule has 0 radical (unpaired) electrons. The van der Waals surface area contributed by atoms with Gasteiger partial charge in [-0.2, -0.15) is 23.5 Å². The minimum Gasteiger partial charge on any atom is -0.324 e. The summed E-state index contributed by atoms with van der Waals surface area (Å²) >= 11 is 0. The van der Waals surface area contributed by atoms with E-state index < -0.39 is 29.2 Å². The van der Waals surface area contributed by atoms with E-state index in [1.54, 1.807) is 24.3 Å². The number of alkyl halides is 3. The van der Waals surface area contributed by atoms with Gasteiger partial charge in [0, 0.05) is 17.3 Å². The molecule has 9 heteroatoms. The summed E-state index contributed by atoms with van der Waals surface area (Å²) in [5, 5.41) is 15.9. The lowest BCUT2D eigenvalue weighted by atomic mass is 10.1. The Balaban J connectivity index is 1.86. The minimum absolute atomic E-state index is 0.152. The number of anilines is 1. The predicted molar refractivity (Wildman–Crippen MR) is 103 cm³/mol. The van der Waals surface area contributed by atoms with Crippen LogP contribution in [0.5, 0.6) is 0 Å². The summed E-state index contributed by atoms with van der Waals surface area (Å²) in [6.07, 6.45) is -4.48. The van der Waals surface area contributed by atoms with E-state index in [1.165, 1.54) is 19.1 Å². The maximum absolute atomic E-state index is 12.7. The molecule has 0 bridgehead atoms. The summed E-state index contributed by atoms with van der Waals surface area (Å²) in [4.78, 5) is 24.8. The molecule has 6 nitrogen and oxygen atoms in total. The number of aromatic nitrogens is 2. The second kappa shape index (κ2) is 8.21. The van der Waals surface area contributed by atoms with Gasteiger partial charge in [0.2, 0.25) is 5.91 Å². The van der Waals surface area contributed by atoms with Gasteiger partial charge in [0.25, 0.3) is 5.56 Å². The third-order valence-electron chi connectivity index (χ3n) is 4.37. The number of carbonyl (C=O) groups excluding carboxylic acids is 1. The van der Waals surface area contributed by atoms with Crippen LogP contribution in [0.2, 0.25) is 0 Å². The van der Waals surface area contributed by atoms with Crippen LogP contribution in [0.3, 0.4) is 0 Å². The van der Waals surface area contributed by atoms with Crippen LogP contribution in [0.25, 0.3) is 11.3 Å². The fourth-order valence-corrected chi connectivity index (χ4v) is 2.75. The molecule has 0 aliphatic heterocycles. The summed E-state index contributed by atoms with van der Waals surface area (Å²) in [5.74, 6) is -0.630. The van der Waals surface area contributed by atoms with E-state index >= 15 is 0 Å². The first-order valence-corrected chi connectivity index (χ1v) is 8.78. The first kappa shape index (κ1) is 20.8. The first-order chi connectivity index (χ1) is 14.2. The molecule has 1 atom stereocenters. The van der Waals surface area contributed by atoms with Crippen LogP contribution in [-0.4, -0.2) is 15.7 Å². The first-order valence-electron chi connectivity index (χ1n) is 8.78. The highest BCUT2D eigenvalue weighted by atomic mass is 19.4. The molecule has 0 fully saturated rings. The van der Waals surface area contributed by atoms with Crippen molar-refractivity contribution in [3.63, 3.8) is 0 Å². The van der Waals surface area contributed by atoms with Gasteiger partial charge in [-0.25, -0.2) is 4.68 Å². The van der Waals surface area contributed by atoms with E-state index in [4.69, 9.17) is 0 Å². The molecule has 30 heavy (non-hydrogen) atoms. The third kappa shape index (κ3) is 4.38. The molecule has 1 unspecified atom stereocenters. The lowest BCUT2D eigenvalue weighted by molar-refractivity contribution is -0.137. The quantitative estimate of drug-likeness (QED) is 0.702. The Morgan fingerprint density at radius 1 is 1.10 bits per heavy atom. The number of nitrogens with one attached hydrogen (secondary N) is 1. The Hall–Kier alpha value is -3.93. The Labute approximate surface area is 169 Å². The Bertz CT molecular complexity index is 1180. The number of nitrogens with zero attached hydrogens (tertiary/aromatic N) is 3. The second-order valence-corrected chi connectivity index (χ2v) is 6.40. The molecule has 0 saturated heterocycles. The second-order valence-electron chi connectivity index (χ2n) is 6.40. The van der Waals surface area contributed by atoms with Crippen molar-refractivity contribution >= 4 is 11.6 Å². The summed E-state index contributed by atoms with van der Waals surface area (Å²) < 4.78 is 38.9. The lowest BCUT2D eigenvalue weighted by Crippen LogP contribution is -2.33. The van der Waals surface area contributed by atoms with Crippen LogP contribution in [0, 0.1) is 11.3 Å². The van der Waals surface area contributed by atoms with Gasteiger partial charge in [-0.05, 0) is 43.3 Å². The van der Waals surface area contributed by atoms with Gasteiger partial charge in [0.05, 0.1) is 22.9 Å². The number of amides is 1. The van der Waals surface area contributed by atoms with Gasteiger partial charge in [0.1, 0.15) is 6.04 Å². The molecule has 1 aromatic heterocycles. The van der Waals surface area contributed by atoms with Crippen LogP contribution in [-0.2, 0) is 11.0 Å². The van der Waals surface area contributed by atoms with Gasteiger partial charge >= 0.3 is 6.18 Å². The van der Waals surface area contributed by atoms with E-state index in [9.17, 15) is 28.0 Å². The fourth-order valence-electron chi connectivity index (χ4n) is 2.75. The zero-order valence-electron chi connectivity index (χ0n) is 15.6. The number of hydrogen-bond acceptors (Lipinski definition) is 4. The van der Waals surface area contributed by atoms with E-state index in [0.29, 0.717) is 16.8 Å². The smallest absolute Gasteiger partial charge is 0.324 e. The zero-order chi connectivity index (χ0) is 21.9. The fraction of sp³-hybridized carbons (Fsp3) is 0.143. The highest BCUT2D eigenvalue weighted by Crippen LogP contribution is 2.30. The maximum atomic E-state index is 12.7. The molecule has 0 aliphatic rings. The van der Waals surface area contributed by atoms with Crippen molar-refractivity contribution in [3.8, 4) is 17.3 Å². The highest BCUT2D eigenvalue weighted by Gasteiger charge is 2.30. The van der Waals surface area contributed by atoms with E-state index in [0.717, 1.165) is 28.9 Å². The van der Waals surface area contributed by atoms with Crippen LogP contribution in [0.4, 0.5) is 18.9 Å². The summed E-state index contributed by atoms with van der Waals surface area (Å²) in [6.45, 7) is 1.44. The van der Waals surface area contributed by atoms with Crippen molar-refractivity contribution in [1.29, 1.82) is 5.26 Å². The van der Waals surface area contributed by atoms with Crippen molar-refractivity contribution in [2.75, 3.05) is 5.32 Å². The molecule has 0 saturated carbocycles. The molecular formula is C21H15F3N4O2. The molecule has 152 valence electrons. The van der Waals surface area contributed by atoms with Gasteiger partial charge < -0.3 is 5.32 Å². The standard InChI is InChI=1S/C21H15F3N4O2/c1-13(20(30)26-16-8-6-15(7-9-16)21(22,23)24)28-19(29)11-10-18(27-28)17-5-3-2-4-14(17)12-25/h2-11,13H,1H3,(H,26,30). The summed E-state index contributed by atoms with van der Waals surface area (Å²) in [6, 6.07) is 14.3. The molecule has 1 N–H and O–H groups in total. The third-order valence-corrected chi connectivity index (χ3v) is 4.37. The van der Waals surface area contributed by atoms with Crippen molar-refractivity contribution in [3.05, 3.63) is 82.1 Å². The number of carbonyl (C=O) groups is 1. The molecule has 0 aliphatic carbocycles. The van der Waals surface area contributed by atoms with Crippen LogP contribution in [0.1, 0.15) is 24.1 Å².